The summed E-state index contributed by atoms with van der Waals surface area (Å²) < 4.78 is 5.23. The topological polar surface area (TPSA) is 75.6 Å². The second-order valence-corrected chi connectivity index (χ2v) is 6.01. The summed E-state index contributed by atoms with van der Waals surface area (Å²) in [4.78, 5) is 22.6. The monoisotopic (exact) mass is 273 g/mol. The molecule has 0 spiro atoms. The molecule has 0 fully saturated rings. The Hall–Kier alpha value is -1.26. The number of hydrogen-bond donors (Lipinski definition) is 2. The van der Waals surface area contributed by atoms with Crippen molar-refractivity contribution >= 4 is 12.1 Å². The minimum absolute atomic E-state index is 0.475. The maximum atomic E-state index is 11.9. The van der Waals surface area contributed by atoms with E-state index >= 15 is 0 Å². The Morgan fingerprint density at radius 1 is 1.21 bits per heavy atom. The summed E-state index contributed by atoms with van der Waals surface area (Å²) in [6.07, 6.45) is 2.25. The summed E-state index contributed by atoms with van der Waals surface area (Å²) in [5, 5.41) is 11.0. The number of hydrogen-bond acceptors (Lipinski definition) is 3. The Morgan fingerprint density at radius 2 is 1.79 bits per heavy atom. The van der Waals surface area contributed by atoms with Crippen molar-refractivity contribution < 1.29 is 19.4 Å². The van der Waals surface area contributed by atoms with Crippen LogP contribution in [0.25, 0.3) is 0 Å². The average molecular weight is 273 g/mol. The maximum Gasteiger partial charge on any atom is 0.405 e. The van der Waals surface area contributed by atoms with Crippen LogP contribution in [0.1, 0.15) is 60.3 Å². The van der Waals surface area contributed by atoms with Crippen molar-refractivity contribution in [2.75, 3.05) is 0 Å². The summed E-state index contributed by atoms with van der Waals surface area (Å²) in [6.45, 7) is 9.51. The predicted octanol–water partition coefficient (Wildman–Crippen LogP) is 3.18. The van der Waals surface area contributed by atoms with Gasteiger partial charge in [0.15, 0.2) is 0 Å². The predicted molar refractivity (Wildman–Crippen MR) is 74.1 cm³/mol. The van der Waals surface area contributed by atoms with E-state index in [1.807, 2.05) is 0 Å². The van der Waals surface area contributed by atoms with Crippen molar-refractivity contribution in [1.82, 2.24) is 5.32 Å². The second kappa shape index (κ2) is 8.02. The highest BCUT2D eigenvalue weighted by molar-refractivity contribution is 5.80. The van der Waals surface area contributed by atoms with Gasteiger partial charge in [0, 0.05) is 0 Å². The molecule has 0 aromatic heterocycles. The van der Waals surface area contributed by atoms with Gasteiger partial charge in [-0.25, -0.2) is 9.59 Å². The summed E-state index contributed by atoms with van der Waals surface area (Å²) in [6, 6.07) is -0.781. The van der Waals surface area contributed by atoms with Gasteiger partial charge in [0.25, 0.3) is 0 Å². The average Bonchev–Trinajstić information content (AvgIpc) is 2.21. The lowest BCUT2D eigenvalue weighted by molar-refractivity contribution is -0.157. The van der Waals surface area contributed by atoms with Crippen LogP contribution < -0.4 is 5.32 Å². The molecule has 0 aromatic rings. The van der Waals surface area contributed by atoms with Crippen molar-refractivity contribution in [1.29, 1.82) is 0 Å². The zero-order valence-electron chi connectivity index (χ0n) is 12.7. The van der Waals surface area contributed by atoms with Gasteiger partial charge < -0.3 is 15.2 Å². The molecular formula is C14H27NO4. The highest BCUT2D eigenvalue weighted by Gasteiger charge is 2.26. The van der Waals surface area contributed by atoms with E-state index in [1.54, 1.807) is 20.8 Å². The minimum Gasteiger partial charge on any atom is -0.465 e. The highest BCUT2D eigenvalue weighted by Crippen LogP contribution is 2.16. The summed E-state index contributed by atoms with van der Waals surface area (Å²) in [5.74, 6) is -0.0240. The molecule has 0 bridgehead atoms. The molecule has 1 amide bonds. The third kappa shape index (κ3) is 9.33. The van der Waals surface area contributed by atoms with Crippen LogP contribution in [0.4, 0.5) is 4.79 Å². The van der Waals surface area contributed by atoms with Crippen LogP contribution in [0.2, 0.25) is 0 Å². The van der Waals surface area contributed by atoms with Crippen LogP contribution in [-0.4, -0.2) is 28.8 Å². The fourth-order valence-corrected chi connectivity index (χ4v) is 1.86. The van der Waals surface area contributed by atoms with Gasteiger partial charge >= 0.3 is 12.1 Å². The number of carboxylic acid groups (broad SMARTS) is 1. The van der Waals surface area contributed by atoms with Crippen LogP contribution in [0.5, 0.6) is 0 Å². The minimum atomic E-state index is -1.20. The first kappa shape index (κ1) is 17.7. The number of ether oxygens (including phenoxy) is 1. The van der Waals surface area contributed by atoms with E-state index < -0.39 is 23.7 Å². The first-order valence-electron chi connectivity index (χ1n) is 6.88. The lowest BCUT2D eigenvalue weighted by Crippen LogP contribution is -2.43. The van der Waals surface area contributed by atoms with E-state index in [2.05, 4.69) is 19.2 Å². The highest BCUT2D eigenvalue weighted by atomic mass is 16.6. The van der Waals surface area contributed by atoms with Crippen LogP contribution >= 0.6 is 0 Å². The third-order valence-corrected chi connectivity index (χ3v) is 2.72. The molecule has 19 heavy (non-hydrogen) atoms. The van der Waals surface area contributed by atoms with Gasteiger partial charge in [-0.1, -0.05) is 26.7 Å². The molecule has 0 radical (unpaired) electrons. The van der Waals surface area contributed by atoms with E-state index in [0.29, 0.717) is 12.3 Å². The molecule has 0 aromatic carbocycles. The quantitative estimate of drug-likeness (QED) is 0.698. The first-order chi connectivity index (χ1) is 8.65. The summed E-state index contributed by atoms with van der Waals surface area (Å²) >= 11 is 0. The molecule has 0 aliphatic rings. The molecule has 0 saturated carbocycles. The molecule has 0 aliphatic carbocycles. The first-order valence-corrected chi connectivity index (χ1v) is 6.88. The van der Waals surface area contributed by atoms with Crippen LogP contribution in [0.3, 0.4) is 0 Å². The van der Waals surface area contributed by atoms with Gasteiger partial charge in [0.1, 0.15) is 11.6 Å². The summed E-state index contributed by atoms with van der Waals surface area (Å²) in [5.41, 5.74) is -0.607. The van der Waals surface area contributed by atoms with Crippen molar-refractivity contribution in [2.45, 2.75) is 71.9 Å². The standard InChI is InChI=1S/C14H27NO4/c1-6-7-10(2)8-9-11(15-13(17)18)12(16)19-14(3,4)5/h10-11,15H,6-9H2,1-5H3,(H,17,18). The lowest BCUT2D eigenvalue weighted by Gasteiger charge is -2.24. The fourth-order valence-electron chi connectivity index (χ4n) is 1.86. The fraction of sp³-hybridized carbons (Fsp3) is 0.857. The molecule has 5 nitrogen and oxygen atoms in total. The van der Waals surface area contributed by atoms with Crippen LogP contribution in [0, 0.1) is 5.92 Å². The van der Waals surface area contributed by atoms with Crippen LogP contribution in [0.15, 0.2) is 0 Å². The van der Waals surface area contributed by atoms with Crippen molar-refractivity contribution in [3.8, 4) is 0 Å². The SMILES string of the molecule is CCCC(C)CCC(NC(=O)O)C(=O)OC(C)(C)C. The number of carbonyl (C=O) groups is 2. The van der Waals surface area contributed by atoms with E-state index in [9.17, 15) is 9.59 Å². The Bertz CT molecular complexity index is 296. The van der Waals surface area contributed by atoms with Crippen molar-refractivity contribution in [3.63, 3.8) is 0 Å². The van der Waals surface area contributed by atoms with Gasteiger partial charge in [0.2, 0.25) is 0 Å². The van der Waals surface area contributed by atoms with Gasteiger partial charge in [-0.15, -0.1) is 0 Å². The molecule has 2 N–H and O–H groups in total. The van der Waals surface area contributed by atoms with Gasteiger partial charge in [-0.3, -0.25) is 0 Å². The van der Waals surface area contributed by atoms with Crippen molar-refractivity contribution in [2.24, 2.45) is 5.92 Å². The molecule has 2 atom stereocenters. The zero-order chi connectivity index (χ0) is 15.1. The number of esters is 1. The molecule has 0 aliphatic heterocycles. The Balaban J connectivity index is 4.45. The van der Waals surface area contributed by atoms with E-state index in [0.717, 1.165) is 19.3 Å². The molecule has 2 unspecified atom stereocenters. The Morgan fingerprint density at radius 3 is 2.21 bits per heavy atom. The molecular weight excluding hydrogens is 246 g/mol. The number of carbonyl (C=O) groups excluding carboxylic acids is 1. The van der Waals surface area contributed by atoms with E-state index in [4.69, 9.17) is 9.84 Å². The molecule has 112 valence electrons. The molecule has 0 saturated heterocycles. The largest absolute Gasteiger partial charge is 0.465 e. The molecule has 5 heteroatoms. The number of nitrogens with one attached hydrogen (secondary N) is 1. The Kier molecular flexibility index (Phi) is 7.49. The van der Waals surface area contributed by atoms with Gasteiger partial charge in [-0.2, -0.15) is 0 Å². The van der Waals surface area contributed by atoms with Crippen LogP contribution in [-0.2, 0) is 9.53 Å². The summed E-state index contributed by atoms with van der Waals surface area (Å²) in [7, 11) is 0. The normalized spacial score (nSPS) is 14.6. The zero-order valence-corrected chi connectivity index (χ0v) is 12.7. The Labute approximate surface area is 115 Å². The van der Waals surface area contributed by atoms with E-state index in [-0.39, 0.29) is 0 Å². The maximum absolute atomic E-state index is 11.9. The molecule has 0 rings (SSSR count). The second-order valence-electron chi connectivity index (χ2n) is 6.01. The van der Waals surface area contributed by atoms with Gasteiger partial charge in [0.05, 0.1) is 0 Å². The number of rotatable bonds is 7. The smallest absolute Gasteiger partial charge is 0.405 e. The number of amides is 1. The van der Waals surface area contributed by atoms with Crippen molar-refractivity contribution in [3.05, 3.63) is 0 Å². The third-order valence-electron chi connectivity index (χ3n) is 2.72. The lowest BCUT2D eigenvalue weighted by atomic mass is 9.97. The van der Waals surface area contributed by atoms with Gasteiger partial charge in [-0.05, 0) is 39.5 Å². The molecule has 0 heterocycles. The van der Waals surface area contributed by atoms with E-state index in [1.165, 1.54) is 0 Å².